The predicted molar refractivity (Wildman–Crippen MR) is 149 cm³/mol. The van der Waals surface area contributed by atoms with Crippen LogP contribution in [0.1, 0.15) is 66.5 Å². The number of hydrogen-bond acceptors (Lipinski definition) is 5. The van der Waals surface area contributed by atoms with E-state index in [2.05, 4.69) is 28.9 Å². The second-order valence-corrected chi connectivity index (χ2v) is 12.3. The van der Waals surface area contributed by atoms with Crippen LogP contribution in [0.3, 0.4) is 0 Å². The molecule has 200 valence electrons. The molecule has 0 N–H and O–H groups in total. The van der Waals surface area contributed by atoms with Crippen LogP contribution >= 0.6 is 0 Å². The minimum absolute atomic E-state index is 0.0581. The van der Waals surface area contributed by atoms with Crippen molar-refractivity contribution in [3.05, 3.63) is 56.1 Å². The van der Waals surface area contributed by atoms with Gasteiger partial charge in [0, 0.05) is 35.5 Å². The Balaban J connectivity index is 1.23. The van der Waals surface area contributed by atoms with E-state index in [1.54, 1.807) is 0 Å². The summed E-state index contributed by atoms with van der Waals surface area (Å²) in [5.74, 6) is 2.06. The quantitative estimate of drug-likeness (QED) is 0.322. The lowest BCUT2D eigenvalue weighted by Crippen LogP contribution is -2.60. The predicted octanol–water partition coefficient (Wildman–Crippen LogP) is 5.74. The third kappa shape index (κ3) is 3.55. The van der Waals surface area contributed by atoms with Gasteiger partial charge in [0.15, 0.2) is 0 Å². The van der Waals surface area contributed by atoms with E-state index < -0.39 is 5.63 Å². The van der Waals surface area contributed by atoms with Crippen molar-refractivity contribution in [3.8, 4) is 0 Å². The number of carbonyl (C=O) groups excluding carboxylic acids is 1. The Morgan fingerprint density at radius 1 is 0.974 bits per heavy atom. The van der Waals surface area contributed by atoms with Gasteiger partial charge in [0.2, 0.25) is 5.91 Å². The normalized spacial score (nSPS) is 27.4. The maximum Gasteiger partial charge on any atom is 0.340 e. The van der Waals surface area contributed by atoms with Gasteiger partial charge in [-0.1, -0.05) is 18.1 Å². The van der Waals surface area contributed by atoms with Crippen molar-refractivity contribution in [3.63, 3.8) is 0 Å². The van der Waals surface area contributed by atoms with Crippen molar-refractivity contribution >= 4 is 27.8 Å². The Bertz CT molecular complexity index is 1560. The van der Waals surface area contributed by atoms with Crippen LogP contribution < -0.4 is 5.63 Å². The van der Waals surface area contributed by atoms with E-state index in [1.807, 2.05) is 20.8 Å². The number of carbonyl (C=O) groups is 1. The van der Waals surface area contributed by atoms with Crippen LogP contribution in [0.4, 0.5) is 0 Å². The second kappa shape index (κ2) is 8.84. The fourth-order valence-electron chi connectivity index (χ4n) is 8.20. The third-order valence-corrected chi connectivity index (χ3v) is 10.2. The van der Waals surface area contributed by atoms with Gasteiger partial charge in [-0.05, 0) is 95.4 Å². The lowest BCUT2D eigenvalue weighted by molar-refractivity contribution is -0.135. The number of nitrogens with zero attached hydrogens (tertiary/aromatic N) is 2. The highest BCUT2D eigenvalue weighted by atomic mass is 16.4. The van der Waals surface area contributed by atoms with Crippen LogP contribution in [0.5, 0.6) is 0 Å². The first-order valence-corrected chi connectivity index (χ1v) is 14.5. The number of benzene rings is 1. The summed E-state index contributed by atoms with van der Waals surface area (Å²) in [7, 11) is 0. The number of piperidine rings is 3. The summed E-state index contributed by atoms with van der Waals surface area (Å²) in [6, 6.07) is 2.94. The summed E-state index contributed by atoms with van der Waals surface area (Å²) in [6.07, 6.45) is 9.88. The summed E-state index contributed by atoms with van der Waals surface area (Å²) in [4.78, 5) is 32.0. The zero-order chi connectivity index (χ0) is 26.3. The molecule has 1 amide bonds. The molecule has 2 bridgehead atoms. The Hall–Kier alpha value is -2.86. The van der Waals surface area contributed by atoms with E-state index in [0.717, 1.165) is 64.7 Å². The molecule has 1 aliphatic carbocycles. The second-order valence-electron chi connectivity index (χ2n) is 12.3. The number of furan rings is 1. The average Bonchev–Trinajstić information content (AvgIpc) is 3.20. The Morgan fingerprint density at radius 3 is 2.61 bits per heavy atom. The van der Waals surface area contributed by atoms with Gasteiger partial charge in [-0.2, -0.15) is 0 Å². The van der Waals surface area contributed by atoms with Gasteiger partial charge in [0.1, 0.15) is 16.9 Å². The molecule has 3 aliphatic heterocycles. The Kier molecular flexibility index (Phi) is 5.63. The van der Waals surface area contributed by atoms with Gasteiger partial charge in [-0.3, -0.25) is 9.69 Å². The highest BCUT2D eigenvalue weighted by Gasteiger charge is 2.47. The topological polar surface area (TPSA) is 66.9 Å². The summed E-state index contributed by atoms with van der Waals surface area (Å²) < 4.78 is 11.9. The molecule has 6 heteroatoms. The molecule has 3 aromatic rings. The SMILES string of the molecule is Cc1oc2c(C)c3oc(=O)c(CC(=O)N4CCCC5=C[C@@H]6C[C@H](CN7CCCC[C@@H]67)[C@H]54)c(C)c3cc2c1C. The van der Waals surface area contributed by atoms with Crippen molar-refractivity contribution in [1.29, 1.82) is 0 Å². The molecule has 38 heavy (non-hydrogen) atoms. The molecule has 0 spiro atoms. The average molecular weight is 515 g/mol. The molecule has 7 rings (SSSR count). The molecule has 0 radical (unpaired) electrons. The molecule has 4 atom stereocenters. The Morgan fingerprint density at radius 2 is 1.76 bits per heavy atom. The zero-order valence-electron chi connectivity index (χ0n) is 23.1. The smallest absolute Gasteiger partial charge is 0.340 e. The lowest BCUT2D eigenvalue weighted by Gasteiger charge is -2.54. The van der Waals surface area contributed by atoms with Crippen LogP contribution in [-0.2, 0) is 11.2 Å². The van der Waals surface area contributed by atoms with Crippen molar-refractivity contribution in [2.45, 2.75) is 84.7 Å². The third-order valence-electron chi connectivity index (χ3n) is 10.2. The standard InChI is InChI=1S/C32H38N2O4/c1-17-20(4)37-30-19(3)31-25(14-24(17)30)18(2)26(32(36)38-31)15-28(35)34-11-7-8-21-12-22-13-23(29(21)34)16-33-10-6-5-9-27(22)33/h12,14,22-23,27,29H,5-11,13,15-16H2,1-4H3/t22-,23-,27+,29+/m1/s1. The first-order valence-electron chi connectivity index (χ1n) is 14.5. The molecule has 6 nitrogen and oxygen atoms in total. The van der Waals surface area contributed by atoms with Gasteiger partial charge < -0.3 is 13.7 Å². The number of fused-ring (bicyclic) bond motifs is 8. The number of likely N-dealkylation sites (tertiary alicyclic amines) is 1. The van der Waals surface area contributed by atoms with Crippen molar-refractivity contribution in [2.24, 2.45) is 11.8 Å². The fraction of sp³-hybridized carbons (Fsp3) is 0.562. The zero-order valence-corrected chi connectivity index (χ0v) is 23.1. The molecule has 2 aromatic heterocycles. The van der Waals surface area contributed by atoms with Gasteiger partial charge in [0.05, 0.1) is 18.0 Å². The van der Waals surface area contributed by atoms with Gasteiger partial charge >= 0.3 is 5.63 Å². The minimum atomic E-state index is -0.406. The highest BCUT2D eigenvalue weighted by Crippen LogP contribution is 2.45. The molecular weight excluding hydrogens is 476 g/mol. The number of amides is 1. The molecular formula is C32H38N2O4. The maximum atomic E-state index is 13.9. The number of hydrogen-bond donors (Lipinski definition) is 0. The molecule has 3 fully saturated rings. The van der Waals surface area contributed by atoms with Crippen LogP contribution in [0.25, 0.3) is 21.9 Å². The molecule has 4 aliphatic rings. The summed E-state index contributed by atoms with van der Waals surface area (Å²) in [5, 5.41) is 1.93. The lowest BCUT2D eigenvalue weighted by atomic mass is 9.68. The van der Waals surface area contributed by atoms with Crippen LogP contribution in [0, 0.1) is 39.5 Å². The number of aryl methyl sites for hydroxylation is 4. The first kappa shape index (κ1) is 24.2. The van der Waals surface area contributed by atoms with Gasteiger partial charge in [-0.15, -0.1) is 0 Å². The van der Waals surface area contributed by atoms with Crippen LogP contribution in [-0.4, -0.2) is 47.4 Å². The van der Waals surface area contributed by atoms with E-state index in [4.69, 9.17) is 8.83 Å². The minimum Gasteiger partial charge on any atom is -0.461 e. The van der Waals surface area contributed by atoms with Gasteiger partial charge in [-0.25, -0.2) is 4.79 Å². The van der Waals surface area contributed by atoms with E-state index in [9.17, 15) is 9.59 Å². The first-order chi connectivity index (χ1) is 18.3. The number of rotatable bonds is 2. The molecule has 5 heterocycles. The largest absolute Gasteiger partial charge is 0.461 e. The maximum absolute atomic E-state index is 13.9. The molecule has 3 saturated heterocycles. The molecule has 0 saturated carbocycles. The van der Waals surface area contributed by atoms with Crippen molar-refractivity contribution in [2.75, 3.05) is 19.6 Å². The molecule has 1 aromatic carbocycles. The van der Waals surface area contributed by atoms with E-state index >= 15 is 0 Å². The summed E-state index contributed by atoms with van der Waals surface area (Å²) >= 11 is 0. The van der Waals surface area contributed by atoms with Crippen molar-refractivity contribution in [1.82, 2.24) is 9.80 Å². The van der Waals surface area contributed by atoms with E-state index in [0.29, 0.717) is 29.0 Å². The van der Waals surface area contributed by atoms with Crippen LogP contribution in [0.15, 0.2) is 31.3 Å². The molecule has 0 unspecified atom stereocenters. The fourth-order valence-corrected chi connectivity index (χ4v) is 8.20. The van der Waals surface area contributed by atoms with Gasteiger partial charge in [0.25, 0.3) is 0 Å². The highest BCUT2D eigenvalue weighted by molar-refractivity contribution is 6.00. The van der Waals surface area contributed by atoms with E-state index in [1.165, 1.54) is 37.8 Å². The monoisotopic (exact) mass is 514 g/mol. The van der Waals surface area contributed by atoms with E-state index in [-0.39, 0.29) is 18.4 Å². The van der Waals surface area contributed by atoms with Crippen LogP contribution in [0.2, 0.25) is 0 Å². The summed E-state index contributed by atoms with van der Waals surface area (Å²) in [5.41, 5.74) is 5.66. The van der Waals surface area contributed by atoms with Crippen molar-refractivity contribution < 1.29 is 13.6 Å². The summed E-state index contributed by atoms with van der Waals surface area (Å²) in [6.45, 7) is 11.0. The Labute approximate surface area is 223 Å².